The molecule has 4 aliphatic heterocycles. The van der Waals surface area contributed by atoms with E-state index in [4.69, 9.17) is 16.3 Å². The fourth-order valence-corrected chi connectivity index (χ4v) is 6.73. The third-order valence-electron chi connectivity index (χ3n) is 8.68. The van der Waals surface area contributed by atoms with Gasteiger partial charge in [-0.05, 0) is 37.1 Å². The second kappa shape index (κ2) is 9.26. The molecule has 4 aliphatic rings. The topological polar surface area (TPSA) is 90.4 Å². The summed E-state index contributed by atoms with van der Waals surface area (Å²) < 4.78 is 6.80. The molecule has 37 heavy (non-hydrogen) atoms. The fraction of sp³-hybridized carbons (Fsp3) is 0.536. The second-order valence-electron chi connectivity index (χ2n) is 10.8. The van der Waals surface area contributed by atoms with E-state index < -0.39 is 35.1 Å². The van der Waals surface area contributed by atoms with Crippen molar-refractivity contribution in [3.63, 3.8) is 0 Å². The van der Waals surface area contributed by atoms with Gasteiger partial charge in [-0.1, -0.05) is 56.2 Å². The van der Waals surface area contributed by atoms with Crippen LogP contribution in [0.25, 0.3) is 0 Å². The number of carbonyl (C=O) groups is 3. The molecular weight excluding hydrogens is 494 g/mol. The van der Waals surface area contributed by atoms with E-state index in [1.54, 1.807) is 41.1 Å². The molecule has 1 aromatic carbocycles. The first-order valence-corrected chi connectivity index (χ1v) is 13.3. The van der Waals surface area contributed by atoms with Gasteiger partial charge in [0.15, 0.2) is 0 Å². The Balaban J connectivity index is 1.69. The molecule has 198 valence electrons. The van der Waals surface area contributed by atoms with Gasteiger partial charge >= 0.3 is 0 Å². The largest absolute Gasteiger partial charge is 0.394 e. The number of hydrogen-bond donors (Lipinski definition) is 1. The van der Waals surface area contributed by atoms with Crippen molar-refractivity contribution in [1.29, 1.82) is 0 Å². The maximum Gasteiger partial charge on any atom is 0.253 e. The molecule has 1 aromatic rings. The van der Waals surface area contributed by atoms with Crippen molar-refractivity contribution in [2.24, 2.45) is 17.8 Å². The maximum absolute atomic E-state index is 14.4. The number of amides is 3. The summed E-state index contributed by atoms with van der Waals surface area (Å²) in [6, 6.07) is 5.33. The molecule has 0 radical (unpaired) electrons. The quantitative estimate of drug-likeness (QED) is 0.595. The van der Waals surface area contributed by atoms with Crippen LogP contribution in [0.1, 0.15) is 27.2 Å². The van der Waals surface area contributed by atoms with Crippen molar-refractivity contribution < 1.29 is 24.2 Å². The van der Waals surface area contributed by atoms with Gasteiger partial charge in [-0.3, -0.25) is 14.4 Å². The molecule has 1 spiro atoms. The average Bonchev–Trinajstić information content (AvgIpc) is 3.15. The van der Waals surface area contributed by atoms with Crippen molar-refractivity contribution in [3.8, 4) is 0 Å². The summed E-state index contributed by atoms with van der Waals surface area (Å²) in [5.41, 5.74) is -1.77. The van der Waals surface area contributed by atoms with E-state index in [2.05, 4.69) is 0 Å². The minimum Gasteiger partial charge on any atom is -0.394 e. The zero-order chi connectivity index (χ0) is 26.7. The predicted octanol–water partition coefficient (Wildman–Crippen LogP) is 2.65. The van der Waals surface area contributed by atoms with Crippen molar-refractivity contribution >= 4 is 35.0 Å². The van der Waals surface area contributed by atoms with Crippen molar-refractivity contribution in [2.75, 3.05) is 31.6 Å². The molecule has 0 bridgehead atoms. The summed E-state index contributed by atoms with van der Waals surface area (Å²) >= 11 is 6.10. The standard InChI is InChI=1S/C28H34ClN3O5/c1-5-17(2)20(16-33)32-23-26(36)31(19-10-8-18(29)9-11-19)15-7-13-28(23)22(25(32)35)21-24(34)30(4)14-6-12-27(21,3)37-28/h6-13,17,20-23,33H,5,14-16H2,1-4H3/t17-,20-,21-,22-,23?,27+,28-/m0/s1. The normalized spacial score (nSPS) is 34.7. The van der Waals surface area contributed by atoms with E-state index in [-0.39, 0.29) is 36.8 Å². The molecule has 0 aliphatic carbocycles. The van der Waals surface area contributed by atoms with E-state index in [9.17, 15) is 19.5 Å². The molecule has 0 saturated carbocycles. The number of halogens is 1. The van der Waals surface area contributed by atoms with Crippen LogP contribution in [-0.2, 0) is 19.1 Å². The number of likely N-dealkylation sites (N-methyl/N-ethyl adjacent to an activating group) is 1. The van der Waals surface area contributed by atoms with Crippen LogP contribution in [-0.4, -0.2) is 82.7 Å². The van der Waals surface area contributed by atoms with E-state index in [0.717, 1.165) is 0 Å². The molecule has 9 heteroatoms. The van der Waals surface area contributed by atoms with Gasteiger partial charge in [0.25, 0.3) is 5.91 Å². The molecule has 2 fully saturated rings. The number of carbonyl (C=O) groups excluding carboxylic acids is 3. The minimum atomic E-state index is -1.35. The maximum atomic E-state index is 14.4. The van der Waals surface area contributed by atoms with Gasteiger partial charge in [-0.15, -0.1) is 0 Å². The predicted molar refractivity (Wildman–Crippen MR) is 140 cm³/mol. The average molecular weight is 528 g/mol. The molecule has 8 nitrogen and oxygen atoms in total. The van der Waals surface area contributed by atoms with Crippen LogP contribution in [0.4, 0.5) is 5.69 Å². The number of likely N-dealkylation sites (tertiary alicyclic amines) is 1. The number of ether oxygens (including phenoxy) is 1. The molecule has 3 amide bonds. The lowest BCUT2D eigenvalue weighted by molar-refractivity contribution is -0.152. The number of aliphatic hydroxyl groups is 1. The Morgan fingerprint density at radius 1 is 1.05 bits per heavy atom. The highest BCUT2D eigenvalue weighted by atomic mass is 35.5. The summed E-state index contributed by atoms with van der Waals surface area (Å²) in [4.78, 5) is 47.2. The molecule has 5 rings (SSSR count). The zero-order valence-corrected chi connectivity index (χ0v) is 22.4. The lowest BCUT2D eigenvalue weighted by atomic mass is 9.74. The van der Waals surface area contributed by atoms with Crippen LogP contribution in [0.2, 0.25) is 5.02 Å². The number of hydrogen-bond acceptors (Lipinski definition) is 5. The van der Waals surface area contributed by atoms with Gasteiger partial charge < -0.3 is 24.5 Å². The lowest BCUT2D eigenvalue weighted by Crippen LogP contribution is -2.60. The van der Waals surface area contributed by atoms with Gasteiger partial charge in [-0.2, -0.15) is 0 Å². The lowest BCUT2D eigenvalue weighted by Gasteiger charge is -2.41. The van der Waals surface area contributed by atoms with Crippen LogP contribution in [0.5, 0.6) is 0 Å². The SMILES string of the molecule is CC[C@H](C)[C@H](CO)N1C(=O)[C@@H]2[C@H]3C(=O)N(C)CC=C[C@@]3(C)O[C@@]23C=CCN(c2ccc(Cl)cc2)C(=O)C13. The van der Waals surface area contributed by atoms with E-state index in [1.807, 2.05) is 45.1 Å². The number of nitrogens with zero attached hydrogens (tertiary/aromatic N) is 3. The van der Waals surface area contributed by atoms with Crippen LogP contribution in [0, 0.1) is 17.8 Å². The number of benzene rings is 1. The first-order chi connectivity index (χ1) is 17.6. The third kappa shape index (κ3) is 3.75. The third-order valence-corrected chi connectivity index (χ3v) is 8.93. The molecule has 4 heterocycles. The van der Waals surface area contributed by atoms with E-state index in [0.29, 0.717) is 23.7 Å². The highest BCUT2D eigenvalue weighted by Gasteiger charge is 2.75. The molecule has 7 atom stereocenters. The van der Waals surface area contributed by atoms with E-state index >= 15 is 0 Å². The first-order valence-electron chi connectivity index (χ1n) is 12.9. The molecule has 2 saturated heterocycles. The summed E-state index contributed by atoms with van der Waals surface area (Å²) in [7, 11) is 1.71. The van der Waals surface area contributed by atoms with Crippen molar-refractivity contribution in [1.82, 2.24) is 9.80 Å². The Hall–Kier alpha value is -2.68. The monoisotopic (exact) mass is 527 g/mol. The Kier molecular flexibility index (Phi) is 6.49. The summed E-state index contributed by atoms with van der Waals surface area (Å²) in [6.45, 7) is 6.16. The minimum absolute atomic E-state index is 0.0763. The van der Waals surface area contributed by atoms with Gasteiger partial charge in [0.2, 0.25) is 11.8 Å². The van der Waals surface area contributed by atoms with Crippen LogP contribution in [0.15, 0.2) is 48.6 Å². The van der Waals surface area contributed by atoms with Gasteiger partial charge in [-0.25, -0.2) is 0 Å². The first kappa shape index (κ1) is 25.9. The highest BCUT2D eigenvalue weighted by molar-refractivity contribution is 6.30. The fourth-order valence-electron chi connectivity index (χ4n) is 6.61. The van der Waals surface area contributed by atoms with Gasteiger partial charge in [0, 0.05) is 30.8 Å². The van der Waals surface area contributed by atoms with Crippen LogP contribution >= 0.6 is 11.6 Å². The zero-order valence-electron chi connectivity index (χ0n) is 21.6. The Morgan fingerprint density at radius 2 is 1.73 bits per heavy atom. The van der Waals surface area contributed by atoms with Gasteiger partial charge in [0.1, 0.15) is 11.6 Å². The summed E-state index contributed by atoms with van der Waals surface area (Å²) in [5.74, 6) is -2.60. The van der Waals surface area contributed by atoms with Crippen LogP contribution < -0.4 is 4.90 Å². The van der Waals surface area contributed by atoms with E-state index in [1.165, 1.54) is 4.90 Å². The number of rotatable bonds is 5. The Labute approximate surface area is 222 Å². The molecule has 1 N–H and O–H groups in total. The Morgan fingerprint density at radius 3 is 2.38 bits per heavy atom. The van der Waals surface area contributed by atoms with Gasteiger partial charge in [0.05, 0.1) is 30.1 Å². The summed E-state index contributed by atoms with van der Waals surface area (Å²) in [6.07, 6.45) is 8.11. The number of anilines is 1. The molecule has 0 aromatic heterocycles. The van der Waals surface area contributed by atoms with Crippen molar-refractivity contribution in [3.05, 3.63) is 53.6 Å². The summed E-state index contributed by atoms with van der Waals surface area (Å²) in [5, 5.41) is 11.0. The molecule has 1 unspecified atom stereocenters. The Bertz CT molecular complexity index is 1170. The molecular formula is C28H34ClN3O5. The second-order valence-corrected chi connectivity index (χ2v) is 11.3. The number of fused-ring (bicyclic) bond motifs is 2. The smallest absolute Gasteiger partial charge is 0.253 e. The van der Waals surface area contributed by atoms with Crippen molar-refractivity contribution in [2.45, 2.75) is 50.5 Å². The highest BCUT2D eigenvalue weighted by Crippen LogP contribution is 2.58. The number of aliphatic hydroxyl groups excluding tert-OH is 1. The van der Waals surface area contributed by atoms with Crippen LogP contribution in [0.3, 0.4) is 0 Å².